The van der Waals surface area contributed by atoms with Crippen LogP contribution in [0.5, 0.6) is 5.75 Å². The quantitative estimate of drug-likeness (QED) is 0.679. The van der Waals surface area contributed by atoms with E-state index in [-0.39, 0.29) is 5.91 Å². The highest BCUT2D eigenvalue weighted by atomic mass is 35.5. The van der Waals surface area contributed by atoms with E-state index in [1.807, 2.05) is 43.3 Å². The van der Waals surface area contributed by atoms with Crippen LogP contribution in [-0.4, -0.2) is 12.0 Å². The Morgan fingerprint density at radius 3 is 2.56 bits per heavy atom. The van der Waals surface area contributed by atoms with Crippen LogP contribution in [0.1, 0.15) is 18.9 Å². The van der Waals surface area contributed by atoms with Crippen molar-refractivity contribution in [2.75, 3.05) is 0 Å². The second-order valence-electron chi connectivity index (χ2n) is 5.80. The molecule has 3 aromatic rings. The maximum Gasteiger partial charge on any atom is 0.261 e. The van der Waals surface area contributed by atoms with Crippen LogP contribution in [0.4, 0.5) is 0 Å². The summed E-state index contributed by atoms with van der Waals surface area (Å²) < 4.78 is 5.79. The predicted octanol–water partition coefficient (Wildman–Crippen LogP) is 4.97. The van der Waals surface area contributed by atoms with Crippen LogP contribution in [0.3, 0.4) is 0 Å². The van der Waals surface area contributed by atoms with Crippen LogP contribution in [0.25, 0.3) is 10.8 Å². The number of hydrogen-bond acceptors (Lipinski definition) is 2. The van der Waals surface area contributed by atoms with E-state index in [0.717, 1.165) is 16.3 Å². The summed E-state index contributed by atoms with van der Waals surface area (Å²) in [5.74, 6) is 0.381. The molecule has 0 aliphatic carbocycles. The molecule has 0 aliphatic heterocycles. The summed E-state index contributed by atoms with van der Waals surface area (Å²) in [4.78, 5) is 12.5. The zero-order chi connectivity index (χ0) is 17.6. The number of amides is 1. The van der Waals surface area contributed by atoms with Crippen LogP contribution in [0.15, 0.2) is 66.7 Å². The SMILES string of the molecule is CCC(Oc1ccccc1Cl)C(=O)NCc1cccc2ccccc12. The molecule has 1 atom stereocenters. The average Bonchev–Trinajstić information content (AvgIpc) is 2.65. The average molecular weight is 354 g/mol. The fourth-order valence-corrected chi connectivity index (χ4v) is 2.94. The van der Waals surface area contributed by atoms with Gasteiger partial charge in [0.15, 0.2) is 6.10 Å². The molecule has 3 rings (SSSR count). The summed E-state index contributed by atoms with van der Waals surface area (Å²) in [6, 6.07) is 21.4. The molecule has 25 heavy (non-hydrogen) atoms. The minimum Gasteiger partial charge on any atom is -0.479 e. The molecule has 0 radical (unpaired) electrons. The maximum absolute atomic E-state index is 12.5. The number of hydrogen-bond donors (Lipinski definition) is 1. The summed E-state index contributed by atoms with van der Waals surface area (Å²) in [7, 11) is 0. The lowest BCUT2D eigenvalue weighted by molar-refractivity contribution is -0.128. The van der Waals surface area contributed by atoms with E-state index in [2.05, 4.69) is 23.5 Å². The first-order valence-electron chi connectivity index (χ1n) is 8.34. The van der Waals surface area contributed by atoms with Crippen LogP contribution in [0, 0.1) is 0 Å². The van der Waals surface area contributed by atoms with Gasteiger partial charge in [0.25, 0.3) is 5.91 Å². The molecule has 1 amide bonds. The third-order valence-corrected chi connectivity index (χ3v) is 4.41. The number of carbonyl (C=O) groups excluding carboxylic acids is 1. The number of para-hydroxylation sites is 1. The van der Waals surface area contributed by atoms with Gasteiger partial charge in [-0.2, -0.15) is 0 Å². The van der Waals surface area contributed by atoms with E-state index in [9.17, 15) is 4.79 Å². The molecule has 0 saturated carbocycles. The molecular weight excluding hydrogens is 334 g/mol. The number of benzene rings is 3. The number of carbonyl (C=O) groups is 1. The highest BCUT2D eigenvalue weighted by Gasteiger charge is 2.19. The van der Waals surface area contributed by atoms with E-state index in [1.165, 1.54) is 0 Å². The minimum absolute atomic E-state index is 0.143. The maximum atomic E-state index is 12.5. The van der Waals surface area contributed by atoms with Gasteiger partial charge in [0, 0.05) is 6.54 Å². The van der Waals surface area contributed by atoms with Gasteiger partial charge in [0.05, 0.1) is 5.02 Å². The normalized spacial score (nSPS) is 11.9. The fraction of sp³-hybridized carbons (Fsp3) is 0.190. The largest absolute Gasteiger partial charge is 0.479 e. The molecule has 0 heterocycles. The molecular formula is C21H20ClNO2. The van der Waals surface area contributed by atoms with Crippen molar-refractivity contribution in [1.29, 1.82) is 0 Å². The molecule has 0 saturated heterocycles. The summed E-state index contributed by atoms with van der Waals surface area (Å²) in [6.45, 7) is 2.38. The van der Waals surface area contributed by atoms with Crippen molar-refractivity contribution in [1.82, 2.24) is 5.32 Å². The molecule has 1 N–H and O–H groups in total. The topological polar surface area (TPSA) is 38.3 Å². The Morgan fingerprint density at radius 1 is 1.04 bits per heavy atom. The van der Waals surface area contributed by atoms with Gasteiger partial charge in [0.1, 0.15) is 5.75 Å². The Morgan fingerprint density at radius 2 is 1.76 bits per heavy atom. The van der Waals surface area contributed by atoms with Crippen molar-refractivity contribution < 1.29 is 9.53 Å². The number of rotatable bonds is 6. The summed E-state index contributed by atoms with van der Waals surface area (Å²) in [5.41, 5.74) is 1.08. The molecule has 3 nitrogen and oxygen atoms in total. The molecule has 128 valence electrons. The van der Waals surface area contributed by atoms with Crippen molar-refractivity contribution in [2.45, 2.75) is 26.0 Å². The number of nitrogens with one attached hydrogen (secondary N) is 1. The first-order chi connectivity index (χ1) is 12.2. The van der Waals surface area contributed by atoms with Crippen molar-refractivity contribution in [2.24, 2.45) is 0 Å². The molecule has 0 fully saturated rings. The van der Waals surface area contributed by atoms with Crippen molar-refractivity contribution in [3.8, 4) is 5.75 Å². The van der Waals surface area contributed by atoms with Gasteiger partial charge in [-0.15, -0.1) is 0 Å². The second kappa shape index (κ2) is 8.04. The lowest BCUT2D eigenvalue weighted by atomic mass is 10.0. The highest BCUT2D eigenvalue weighted by molar-refractivity contribution is 6.32. The van der Waals surface area contributed by atoms with Gasteiger partial charge >= 0.3 is 0 Å². The van der Waals surface area contributed by atoms with Crippen LogP contribution in [-0.2, 0) is 11.3 Å². The van der Waals surface area contributed by atoms with Crippen LogP contribution in [0.2, 0.25) is 5.02 Å². The molecule has 0 spiro atoms. The molecule has 4 heteroatoms. The third kappa shape index (κ3) is 4.12. The summed E-state index contributed by atoms with van der Waals surface area (Å²) in [6.07, 6.45) is -0.0121. The van der Waals surface area contributed by atoms with Gasteiger partial charge in [0.2, 0.25) is 0 Å². The van der Waals surface area contributed by atoms with Gasteiger partial charge in [-0.05, 0) is 34.9 Å². The second-order valence-corrected chi connectivity index (χ2v) is 6.21. The molecule has 0 bridgehead atoms. The Hall–Kier alpha value is -2.52. The molecule has 3 aromatic carbocycles. The van der Waals surface area contributed by atoms with Gasteiger partial charge in [-0.25, -0.2) is 0 Å². The minimum atomic E-state index is -0.574. The highest BCUT2D eigenvalue weighted by Crippen LogP contribution is 2.25. The van der Waals surface area contributed by atoms with Gasteiger partial charge in [-0.3, -0.25) is 4.79 Å². The molecule has 1 unspecified atom stereocenters. The zero-order valence-corrected chi connectivity index (χ0v) is 14.8. The summed E-state index contributed by atoms with van der Waals surface area (Å²) in [5, 5.41) is 5.78. The van der Waals surface area contributed by atoms with Crippen molar-refractivity contribution >= 4 is 28.3 Å². The van der Waals surface area contributed by atoms with E-state index >= 15 is 0 Å². The first kappa shape index (κ1) is 17.3. The molecule has 0 aliphatic rings. The lowest BCUT2D eigenvalue weighted by Crippen LogP contribution is -2.37. The van der Waals surface area contributed by atoms with E-state index in [4.69, 9.17) is 16.3 Å². The van der Waals surface area contributed by atoms with E-state index in [1.54, 1.807) is 12.1 Å². The Labute approximate surface area is 152 Å². The van der Waals surface area contributed by atoms with Crippen molar-refractivity contribution in [3.63, 3.8) is 0 Å². The Balaban J connectivity index is 1.69. The summed E-state index contributed by atoms with van der Waals surface area (Å²) >= 11 is 6.11. The monoisotopic (exact) mass is 353 g/mol. The number of halogens is 1. The van der Waals surface area contributed by atoms with Crippen LogP contribution < -0.4 is 10.1 Å². The first-order valence-corrected chi connectivity index (χ1v) is 8.72. The Bertz CT molecular complexity index is 873. The zero-order valence-electron chi connectivity index (χ0n) is 14.0. The van der Waals surface area contributed by atoms with Crippen molar-refractivity contribution in [3.05, 3.63) is 77.3 Å². The molecule has 0 aromatic heterocycles. The van der Waals surface area contributed by atoms with E-state index < -0.39 is 6.10 Å². The van der Waals surface area contributed by atoms with Crippen LogP contribution >= 0.6 is 11.6 Å². The van der Waals surface area contributed by atoms with Gasteiger partial charge < -0.3 is 10.1 Å². The predicted molar refractivity (Wildman–Crippen MR) is 102 cm³/mol. The van der Waals surface area contributed by atoms with E-state index in [0.29, 0.717) is 23.7 Å². The van der Waals surface area contributed by atoms with Gasteiger partial charge in [-0.1, -0.05) is 73.1 Å². The standard InChI is InChI=1S/C21H20ClNO2/c1-2-19(25-20-13-6-5-12-18(20)22)21(24)23-14-16-10-7-9-15-8-3-4-11-17(15)16/h3-13,19H,2,14H2,1H3,(H,23,24). The Kier molecular flexibility index (Phi) is 5.56. The smallest absolute Gasteiger partial charge is 0.261 e. The third-order valence-electron chi connectivity index (χ3n) is 4.10. The lowest BCUT2D eigenvalue weighted by Gasteiger charge is -2.18. The number of fused-ring (bicyclic) bond motifs is 1. The fourth-order valence-electron chi connectivity index (χ4n) is 2.76. The number of ether oxygens (including phenoxy) is 1.